The number of hydrogen-bond acceptors (Lipinski definition) is 2. The topological polar surface area (TPSA) is 54.4 Å². The molecule has 0 aliphatic carbocycles. The maximum atomic E-state index is 10.7. The summed E-state index contributed by atoms with van der Waals surface area (Å²) < 4.78 is 0.353. The molecule has 0 radical (unpaired) electrons. The van der Waals surface area contributed by atoms with Crippen LogP contribution in [0.3, 0.4) is 0 Å². The monoisotopic (exact) mass is 264 g/mol. The molecule has 0 aliphatic heterocycles. The average Bonchev–Trinajstić information content (AvgIpc) is 2.41. The fraction of sp³-hybridized carbons (Fsp3) is 0.0667. The molecule has 0 unspecified atom stereocenters. The number of aromatic carboxylic acids is 1. The number of carboxylic acid groups (broad SMARTS) is 1. The van der Waals surface area contributed by atoms with E-state index in [9.17, 15) is 9.59 Å². The number of benzene rings is 2. The Labute approximate surface area is 129 Å². The predicted molar refractivity (Wildman–Crippen MR) is 74.3 cm³/mol. The van der Waals surface area contributed by atoms with Crippen LogP contribution in [-0.4, -0.2) is 42.0 Å². The fourth-order valence-electron chi connectivity index (χ4n) is 1.46. The summed E-state index contributed by atoms with van der Waals surface area (Å²) in [6.07, 6.45) is 0.618. The Morgan fingerprint density at radius 2 is 1.37 bits per heavy atom. The molecule has 0 atom stereocenters. The molecule has 3 nitrogen and oxygen atoms in total. The summed E-state index contributed by atoms with van der Waals surface area (Å²) in [5.74, 6) is -0.879. The standard InChI is InChI=1S/C8H7O.C7H6O2.Na/c9-7-6-8-4-2-1-3-5-8;8-7(9)6-4-2-1-3-5-6;/h1-5H,6H2;1-5H,(H,8,9);. The summed E-state index contributed by atoms with van der Waals surface area (Å²) in [5.41, 5.74) is 1.46. The maximum absolute atomic E-state index is 10.7. The van der Waals surface area contributed by atoms with Crippen molar-refractivity contribution >= 4 is 36.9 Å². The van der Waals surface area contributed by atoms with Gasteiger partial charge in [0.05, 0.1) is 5.56 Å². The van der Waals surface area contributed by atoms with Crippen molar-refractivity contribution in [1.82, 2.24) is 0 Å². The molecular formula is C15H13NaO3. The van der Waals surface area contributed by atoms with Crippen LogP contribution in [0.2, 0.25) is 0 Å². The molecule has 2 aromatic rings. The second kappa shape index (κ2) is 8.64. The van der Waals surface area contributed by atoms with Crippen LogP contribution in [0.1, 0.15) is 15.9 Å². The summed E-state index contributed by atoms with van der Waals surface area (Å²) in [6, 6.07) is 18.1. The summed E-state index contributed by atoms with van der Waals surface area (Å²) in [5, 5.41) is 8.38. The molecule has 0 fully saturated rings. The van der Waals surface area contributed by atoms with Crippen molar-refractivity contribution < 1.29 is 14.7 Å². The van der Waals surface area contributed by atoms with Crippen molar-refractivity contribution in [2.24, 2.45) is 0 Å². The van der Waals surface area contributed by atoms with Gasteiger partial charge in [0.2, 0.25) is 0 Å². The first-order chi connectivity index (χ1) is 9.09. The van der Waals surface area contributed by atoms with Crippen LogP contribution in [0, 0.1) is 0 Å². The molecule has 2 rings (SSSR count). The van der Waals surface area contributed by atoms with Crippen LogP contribution < -0.4 is 0 Å². The third kappa shape index (κ3) is 6.91. The van der Waals surface area contributed by atoms with E-state index >= 15 is 0 Å². The number of rotatable bonds is 3. The molecule has 4 heteroatoms. The first kappa shape index (κ1) is 15.6. The van der Waals surface area contributed by atoms with E-state index in [2.05, 4.69) is 0 Å². The van der Waals surface area contributed by atoms with Gasteiger partial charge in [0.1, 0.15) is 0 Å². The minimum atomic E-state index is -0.879. The Kier molecular flexibility index (Phi) is 7.11. The van der Waals surface area contributed by atoms with Crippen LogP contribution in [0.25, 0.3) is 0 Å². The zero-order chi connectivity index (χ0) is 14.1. The van der Waals surface area contributed by atoms with Gasteiger partial charge in [-0.25, -0.2) is 4.79 Å². The van der Waals surface area contributed by atoms with Gasteiger partial charge in [-0.1, -0.05) is 18.2 Å². The second-order valence-electron chi connectivity index (χ2n) is 4.04. The van der Waals surface area contributed by atoms with Gasteiger partial charge in [-0.15, -0.1) is 0 Å². The van der Waals surface area contributed by atoms with E-state index in [0.717, 1.165) is 5.56 Å². The average molecular weight is 264 g/mol. The number of carboxylic acids is 1. The zero-order valence-corrected chi connectivity index (χ0v) is 12.7. The van der Waals surface area contributed by atoms with Gasteiger partial charge in [-0.3, -0.25) is 0 Å². The van der Waals surface area contributed by atoms with Gasteiger partial charge in [0, 0.05) is 0 Å². The van der Waals surface area contributed by atoms with Gasteiger partial charge < -0.3 is 5.11 Å². The number of carbonyl (C=O) groups is 2. The van der Waals surface area contributed by atoms with E-state index in [1.54, 1.807) is 30.3 Å². The first-order valence-corrected chi connectivity index (χ1v) is 6.91. The van der Waals surface area contributed by atoms with Gasteiger partial charge in [0.15, 0.2) is 0 Å². The molecular weight excluding hydrogens is 251 g/mol. The Balaban J connectivity index is 0.000000191. The summed E-state index contributed by atoms with van der Waals surface area (Å²) in [4.78, 5) is 20.9. The molecule has 2 aromatic carbocycles. The molecule has 0 saturated heterocycles. The SMILES string of the molecule is O=C(O)c1ccccc1.O=[C]([Na])Cc1ccccc1. The third-order valence-corrected chi connectivity index (χ3v) is 2.67. The van der Waals surface area contributed by atoms with Gasteiger partial charge in [-0.2, -0.15) is 0 Å². The molecule has 0 bridgehead atoms. The Hall–Kier alpha value is -1.42. The molecule has 0 spiro atoms. The normalized spacial score (nSPS) is 9.16. The van der Waals surface area contributed by atoms with Crippen LogP contribution in [0.4, 0.5) is 0 Å². The minimum absolute atomic E-state index is 0.331. The fourth-order valence-corrected chi connectivity index (χ4v) is 1.87. The first-order valence-electron chi connectivity index (χ1n) is 5.91. The summed E-state index contributed by atoms with van der Waals surface area (Å²) >= 11 is 0.665. The Morgan fingerprint density at radius 1 is 0.895 bits per heavy atom. The predicted octanol–water partition coefficient (Wildman–Crippen LogP) is 2.31. The van der Waals surface area contributed by atoms with Crippen molar-refractivity contribution in [2.75, 3.05) is 0 Å². The van der Waals surface area contributed by atoms with Gasteiger partial charge in [-0.05, 0) is 12.1 Å². The third-order valence-electron chi connectivity index (χ3n) is 2.32. The van der Waals surface area contributed by atoms with Crippen molar-refractivity contribution in [3.05, 3.63) is 71.8 Å². The van der Waals surface area contributed by atoms with E-state index in [0.29, 0.717) is 42.9 Å². The van der Waals surface area contributed by atoms with E-state index in [1.165, 1.54) is 0 Å². The second-order valence-corrected chi connectivity index (χ2v) is 5.15. The summed E-state index contributed by atoms with van der Waals surface area (Å²) in [6.45, 7) is 0. The molecule has 0 aromatic heterocycles. The molecule has 19 heavy (non-hydrogen) atoms. The van der Waals surface area contributed by atoms with Crippen LogP contribution in [0.15, 0.2) is 60.7 Å². The summed E-state index contributed by atoms with van der Waals surface area (Å²) in [7, 11) is 0. The zero-order valence-electron chi connectivity index (χ0n) is 10.7. The van der Waals surface area contributed by atoms with Gasteiger partial charge >= 0.3 is 84.0 Å². The van der Waals surface area contributed by atoms with E-state index in [-0.39, 0.29) is 0 Å². The van der Waals surface area contributed by atoms with E-state index in [4.69, 9.17) is 5.11 Å². The van der Waals surface area contributed by atoms with Gasteiger partial charge in [0.25, 0.3) is 0 Å². The molecule has 0 aliphatic rings. The molecule has 0 amide bonds. The van der Waals surface area contributed by atoms with E-state index < -0.39 is 5.97 Å². The van der Waals surface area contributed by atoms with Crippen molar-refractivity contribution in [3.8, 4) is 0 Å². The van der Waals surface area contributed by atoms with Crippen LogP contribution >= 0.6 is 0 Å². The van der Waals surface area contributed by atoms with Crippen molar-refractivity contribution in [1.29, 1.82) is 0 Å². The van der Waals surface area contributed by atoms with Crippen LogP contribution in [-0.2, 0) is 11.2 Å². The molecule has 92 valence electrons. The quantitative estimate of drug-likeness (QED) is 0.865. The molecule has 1 N–H and O–H groups in total. The van der Waals surface area contributed by atoms with E-state index in [1.807, 2.05) is 30.3 Å². The van der Waals surface area contributed by atoms with Crippen LogP contribution in [0.5, 0.6) is 0 Å². The Morgan fingerprint density at radius 3 is 1.74 bits per heavy atom. The Bertz CT molecular complexity index is 524. The number of hydrogen-bond donors (Lipinski definition) is 1. The van der Waals surface area contributed by atoms with Crippen molar-refractivity contribution in [3.63, 3.8) is 0 Å². The molecule has 0 heterocycles. The number of carbonyl (C=O) groups excluding carboxylic acids is 1. The van der Waals surface area contributed by atoms with Crippen molar-refractivity contribution in [2.45, 2.75) is 6.42 Å². The molecule has 0 saturated carbocycles.